The topological polar surface area (TPSA) is 119 Å². The molecule has 2 aliphatic heterocycles. The van der Waals surface area contributed by atoms with Gasteiger partial charge >= 0.3 is 5.97 Å². The highest BCUT2D eigenvalue weighted by Gasteiger charge is 2.57. The molecule has 8 nitrogen and oxygen atoms in total. The van der Waals surface area contributed by atoms with Gasteiger partial charge in [0.15, 0.2) is 0 Å². The van der Waals surface area contributed by atoms with E-state index in [4.69, 9.17) is 9.47 Å². The van der Waals surface area contributed by atoms with Crippen LogP contribution in [-0.4, -0.2) is 21.1 Å². The highest BCUT2D eigenvalue weighted by atomic mass is 16.6. The second-order valence-corrected chi connectivity index (χ2v) is 6.49. The molecule has 138 valence electrons. The van der Waals surface area contributed by atoms with Gasteiger partial charge in [-0.1, -0.05) is 6.07 Å². The quantitative estimate of drug-likeness (QED) is 0.378. The lowest BCUT2D eigenvalue weighted by Gasteiger charge is -2.36. The highest BCUT2D eigenvalue weighted by molar-refractivity contribution is 5.98. The molecule has 5 rings (SSSR count). The van der Waals surface area contributed by atoms with Crippen molar-refractivity contribution in [2.24, 2.45) is 0 Å². The monoisotopic (exact) mass is 377 g/mol. The van der Waals surface area contributed by atoms with Crippen molar-refractivity contribution >= 4 is 11.7 Å². The van der Waals surface area contributed by atoms with E-state index in [2.05, 4.69) is 0 Å². The third kappa shape index (κ3) is 1.91. The zero-order chi connectivity index (χ0) is 19.6. The number of carbonyl (C=O) groups excluding carboxylic acids is 1. The van der Waals surface area contributed by atoms with Gasteiger partial charge in [0, 0.05) is 29.3 Å². The summed E-state index contributed by atoms with van der Waals surface area (Å²) in [5.74, 6) is -0.568. The van der Waals surface area contributed by atoms with Crippen LogP contribution in [0.4, 0.5) is 5.69 Å². The molecular formula is C20H11NO7. The molecule has 2 aliphatic rings. The second-order valence-electron chi connectivity index (χ2n) is 6.49. The fraction of sp³-hybridized carbons (Fsp3) is 0.0500. The van der Waals surface area contributed by atoms with Gasteiger partial charge in [0.25, 0.3) is 5.69 Å². The smallest absolute Gasteiger partial charge is 0.340 e. The Balaban J connectivity index is 1.95. The highest BCUT2D eigenvalue weighted by Crippen LogP contribution is 2.58. The van der Waals surface area contributed by atoms with Gasteiger partial charge in [0.1, 0.15) is 23.0 Å². The number of carbonyl (C=O) groups is 1. The summed E-state index contributed by atoms with van der Waals surface area (Å²) >= 11 is 0. The number of esters is 1. The molecule has 0 fully saturated rings. The van der Waals surface area contributed by atoms with Gasteiger partial charge in [-0.3, -0.25) is 10.1 Å². The number of nitro benzene ring substituents is 1. The van der Waals surface area contributed by atoms with Crippen molar-refractivity contribution in [3.63, 3.8) is 0 Å². The summed E-state index contributed by atoms with van der Waals surface area (Å²) in [6.45, 7) is 0. The number of nitrogens with zero attached hydrogens (tertiary/aromatic N) is 1. The van der Waals surface area contributed by atoms with Gasteiger partial charge in [-0.2, -0.15) is 0 Å². The minimum atomic E-state index is -1.64. The Morgan fingerprint density at radius 2 is 1.54 bits per heavy atom. The fourth-order valence-corrected chi connectivity index (χ4v) is 3.89. The van der Waals surface area contributed by atoms with Crippen LogP contribution >= 0.6 is 0 Å². The van der Waals surface area contributed by atoms with E-state index in [-0.39, 0.29) is 39.8 Å². The van der Waals surface area contributed by atoms with Gasteiger partial charge in [0.05, 0.1) is 16.1 Å². The zero-order valence-electron chi connectivity index (χ0n) is 14.1. The number of hydrogen-bond donors (Lipinski definition) is 2. The number of phenols is 2. The number of benzene rings is 3. The van der Waals surface area contributed by atoms with Gasteiger partial charge < -0.3 is 19.7 Å². The Kier molecular flexibility index (Phi) is 3.01. The molecule has 0 saturated carbocycles. The van der Waals surface area contributed by atoms with Gasteiger partial charge in [-0.05, 0) is 30.3 Å². The van der Waals surface area contributed by atoms with E-state index < -0.39 is 16.5 Å². The Bertz CT molecular complexity index is 1150. The molecule has 0 radical (unpaired) electrons. The summed E-state index contributed by atoms with van der Waals surface area (Å²) < 4.78 is 11.6. The van der Waals surface area contributed by atoms with Crippen molar-refractivity contribution in [1.82, 2.24) is 0 Å². The van der Waals surface area contributed by atoms with E-state index in [1.165, 1.54) is 54.6 Å². The third-order valence-electron chi connectivity index (χ3n) is 4.97. The number of phenolic OH excluding ortho intramolecular Hbond substituents is 2. The standard InChI is InChI=1S/C20H11NO7/c22-10-4-6-13-16(8-10)27-17-9-11(23)5-7-14(17)20(13)18-12(19(24)28-20)2-1-3-15(18)21(25)26/h1-9,22-23H. The molecule has 0 bridgehead atoms. The lowest BCUT2D eigenvalue weighted by atomic mass is 9.77. The number of ether oxygens (including phenoxy) is 2. The minimum absolute atomic E-state index is 0.0779. The predicted octanol–water partition coefficient (Wildman–Crippen LogP) is 3.57. The van der Waals surface area contributed by atoms with Crippen LogP contribution in [0.5, 0.6) is 23.0 Å². The number of hydrogen-bond acceptors (Lipinski definition) is 7. The average Bonchev–Trinajstić information content (AvgIpc) is 2.95. The van der Waals surface area contributed by atoms with Crippen molar-refractivity contribution in [3.05, 3.63) is 87.0 Å². The molecule has 8 heteroatoms. The van der Waals surface area contributed by atoms with Crippen LogP contribution in [0, 0.1) is 10.1 Å². The maximum Gasteiger partial charge on any atom is 0.340 e. The van der Waals surface area contributed by atoms with Crippen molar-refractivity contribution in [2.45, 2.75) is 5.60 Å². The van der Waals surface area contributed by atoms with Gasteiger partial charge in [0.2, 0.25) is 5.60 Å². The maximum absolute atomic E-state index is 12.7. The third-order valence-corrected chi connectivity index (χ3v) is 4.97. The van der Waals surface area contributed by atoms with E-state index in [0.29, 0.717) is 11.1 Å². The molecule has 2 heterocycles. The summed E-state index contributed by atoms with van der Waals surface area (Å²) in [5, 5.41) is 31.5. The number of nitro groups is 1. The second kappa shape index (κ2) is 5.23. The van der Waals surface area contributed by atoms with E-state index in [1.807, 2.05) is 0 Å². The molecule has 0 aromatic heterocycles. The van der Waals surface area contributed by atoms with Crippen molar-refractivity contribution in [3.8, 4) is 23.0 Å². The molecule has 1 spiro atoms. The molecule has 3 aromatic carbocycles. The van der Waals surface area contributed by atoms with Crippen LogP contribution in [0.3, 0.4) is 0 Å². The van der Waals surface area contributed by atoms with Crippen molar-refractivity contribution < 1.29 is 29.4 Å². The maximum atomic E-state index is 12.7. The van der Waals surface area contributed by atoms with E-state index in [0.717, 1.165) is 0 Å². The largest absolute Gasteiger partial charge is 0.508 e. The number of fused-ring (bicyclic) bond motifs is 6. The Labute approximate surface area is 157 Å². The molecule has 0 unspecified atom stereocenters. The molecule has 0 atom stereocenters. The van der Waals surface area contributed by atoms with Crippen LogP contribution < -0.4 is 4.74 Å². The SMILES string of the molecule is O=C1OC2(c3ccc(O)cc3Oc3cc(O)ccc32)c2c1cccc2[N+](=O)[O-]. The number of rotatable bonds is 1. The van der Waals surface area contributed by atoms with Gasteiger partial charge in [-0.25, -0.2) is 4.79 Å². The van der Waals surface area contributed by atoms with Crippen LogP contribution in [0.25, 0.3) is 0 Å². The van der Waals surface area contributed by atoms with Crippen molar-refractivity contribution in [1.29, 1.82) is 0 Å². The minimum Gasteiger partial charge on any atom is -0.508 e. The predicted molar refractivity (Wildman–Crippen MR) is 94.7 cm³/mol. The molecule has 0 aliphatic carbocycles. The molecule has 28 heavy (non-hydrogen) atoms. The summed E-state index contributed by atoms with van der Waals surface area (Å²) in [4.78, 5) is 23.9. The van der Waals surface area contributed by atoms with Gasteiger partial charge in [-0.15, -0.1) is 0 Å². The molecule has 3 aromatic rings. The van der Waals surface area contributed by atoms with E-state index >= 15 is 0 Å². The molecule has 0 saturated heterocycles. The molecular weight excluding hydrogens is 366 g/mol. The summed E-state index contributed by atoms with van der Waals surface area (Å²) in [7, 11) is 0. The summed E-state index contributed by atoms with van der Waals surface area (Å²) in [6, 6.07) is 12.6. The average molecular weight is 377 g/mol. The first-order valence-electron chi connectivity index (χ1n) is 8.28. The molecule has 0 amide bonds. The lowest BCUT2D eigenvalue weighted by Crippen LogP contribution is -2.33. The lowest BCUT2D eigenvalue weighted by molar-refractivity contribution is -0.386. The Morgan fingerprint density at radius 1 is 0.929 bits per heavy atom. The zero-order valence-corrected chi connectivity index (χ0v) is 14.1. The van der Waals surface area contributed by atoms with Crippen LogP contribution in [-0.2, 0) is 10.3 Å². The molecule has 2 N–H and O–H groups in total. The van der Waals surface area contributed by atoms with Crippen LogP contribution in [0.15, 0.2) is 54.6 Å². The Morgan fingerprint density at radius 3 is 2.11 bits per heavy atom. The number of aromatic hydroxyl groups is 2. The first-order valence-corrected chi connectivity index (χ1v) is 8.28. The van der Waals surface area contributed by atoms with Crippen molar-refractivity contribution in [2.75, 3.05) is 0 Å². The van der Waals surface area contributed by atoms with Crippen LogP contribution in [0.1, 0.15) is 27.0 Å². The van der Waals surface area contributed by atoms with E-state index in [1.54, 1.807) is 0 Å². The van der Waals surface area contributed by atoms with Crippen LogP contribution in [0.2, 0.25) is 0 Å². The Hall–Kier alpha value is -4.07. The first kappa shape index (κ1) is 16.1. The fourth-order valence-electron chi connectivity index (χ4n) is 3.89. The first-order chi connectivity index (χ1) is 13.4. The van der Waals surface area contributed by atoms with E-state index in [9.17, 15) is 25.1 Å². The summed E-state index contributed by atoms with van der Waals surface area (Å²) in [5.41, 5.74) is -1.07. The summed E-state index contributed by atoms with van der Waals surface area (Å²) in [6.07, 6.45) is 0. The normalized spacial score (nSPS) is 15.2.